The van der Waals surface area contributed by atoms with E-state index in [9.17, 15) is 5.11 Å². The maximum atomic E-state index is 9.46. The number of piperidine rings is 1. The first-order valence-corrected chi connectivity index (χ1v) is 4.33. The third kappa shape index (κ3) is 0.940. The zero-order valence-electron chi connectivity index (χ0n) is 7.01. The summed E-state index contributed by atoms with van der Waals surface area (Å²) in [6.45, 7) is 0. The Hall–Kier alpha value is 0.170. The Bertz CT molecular complexity index is 183. The van der Waals surface area contributed by atoms with Crippen LogP contribution in [0.25, 0.3) is 0 Å². The summed E-state index contributed by atoms with van der Waals surface area (Å²) in [4.78, 5) is 2.38. The Labute approximate surface area is 78.1 Å². The summed E-state index contributed by atoms with van der Waals surface area (Å²) in [5.41, 5.74) is 0. The Morgan fingerprint density at radius 1 is 1.25 bits per heavy atom. The molecule has 3 unspecified atom stereocenters. The van der Waals surface area contributed by atoms with Gasteiger partial charge in [0.25, 0.3) is 0 Å². The molecule has 3 rings (SSSR count). The molecule has 0 saturated carbocycles. The summed E-state index contributed by atoms with van der Waals surface area (Å²) >= 11 is 0. The van der Waals surface area contributed by atoms with Crippen LogP contribution in [0.15, 0.2) is 0 Å². The lowest BCUT2D eigenvalue weighted by Gasteiger charge is -2.36. The van der Waals surface area contributed by atoms with Crippen LogP contribution in [-0.2, 0) is 4.74 Å². The van der Waals surface area contributed by atoms with E-state index in [-0.39, 0.29) is 18.5 Å². The first-order chi connectivity index (χ1) is 5.27. The summed E-state index contributed by atoms with van der Waals surface area (Å²) < 4.78 is 5.49. The molecule has 3 nitrogen and oxygen atoms in total. The standard InChI is InChI=1S/C8H13NO2.ClH/c1-9-5-2-4(10)3-6(9)8-7(5)11-8;/h4-8,10H,2-3H2,1H3;1H/t4?,5?,6?,7-,8+;. The van der Waals surface area contributed by atoms with Gasteiger partial charge in [0, 0.05) is 12.1 Å². The van der Waals surface area contributed by atoms with E-state index < -0.39 is 0 Å². The second-order valence-electron chi connectivity index (χ2n) is 3.99. The average molecular weight is 192 g/mol. The lowest BCUT2D eigenvalue weighted by atomic mass is 10.00. The molecule has 70 valence electrons. The monoisotopic (exact) mass is 191 g/mol. The first-order valence-electron chi connectivity index (χ1n) is 4.33. The van der Waals surface area contributed by atoms with Crippen molar-refractivity contribution in [2.24, 2.45) is 0 Å². The van der Waals surface area contributed by atoms with Gasteiger partial charge in [-0.2, -0.15) is 0 Å². The van der Waals surface area contributed by atoms with Gasteiger partial charge in [-0.1, -0.05) is 0 Å². The highest BCUT2D eigenvalue weighted by Crippen LogP contribution is 2.47. The van der Waals surface area contributed by atoms with Gasteiger partial charge < -0.3 is 9.84 Å². The molecule has 3 aliphatic rings. The number of hydrogen-bond acceptors (Lipinski definition) is 3. The third-order valence-corrected chi connectivity index (χ3v) is 3.39. The normalized spacial score (nSPS) is 56.0. The molecule has 0 spiro atoms. The number of epoxide rings is 1. The van der Waals surface area contributed by atoms with Crippen molar-refractivity contribution in [3.8, 4) is 0 Å². The van der Waals surface area contributed by atoms with E-state index in [2.05, 4.69) is 11.9 Å². The van der Waals surface area contributed by atoms with Crippen molar-refractivity contribution in [1.29, 1.82) is 0 Å². The highest BCUT2D eigenvalue weighted by atomic mass is 35.5. The van der Waals surface area contributed by atoms with Gasteiger partial charge in [-0.3, -0.25) is 4.90 Å². The van der Waals surface area contributed by atoms with Gasteiger partial charge in [-0.25, -0.2) is 0 Å². The van der Waals surface area contributed by atoms with E-state index in [1.807, 2.05) is 0 Å². The zero-order chi connectivity index (χ0) is 7.59. The van der Waals surface area contributed by atoms with E-state index in [1.54, 1.807) is 0 Å². The lowest BCUT2D eigenvalue weighted by molar-refractivity contribution is 0.00149. The van der Waals surface area contributed by atoms with Gasteiger partial charge in [0.05, 0.1) is 6.10 Å². The van der Waals surface area contributed by atoms with Crippen LogP contribution >= 0.6 is 12.4 Å². The van der Waals surface area contributed by atoms with Crippen molar-refractivity contribution < 1.29 is 9.84 Å². The van der Waals surface area contributed by atoms with Gasteiger partial charge in [0.15, 0.2) is 0 Å². The minimum atomic E-state index is -0.0717. The largest absolute Gasteiger partial charge is 0.393 e. The highest BCUT2D eigenvalue weighted by Gasteiger charge is 2.62. The van der Waals surface area contributed by atoms with Crippen LogP contribution in [0.2, 0.25) is 0 Å². The predicted molar refractivity (Wildman–Crippen MR) is 46.5 cm³/mol. The zero-order valence-corrected chi connectivity index (χ0v) is 7.83. The molecule has 12 heavy (non-hydrogen) atoms. The summed E-state index contributed by atoms with van der Waals surface area (Å²) in [7, 11) is 2.15. The number of rotatable bonds is 0. The minimum Gasteiger partial charge on any atom is -0.393 e. The summed E-state index contributed by atoms with van der Waals surface area (Å²) in [5.74, 6) is 0. The van der Waals surface area contributed by atoms with Crippen LogP contribution in [0.5, 0.6) is 0 Å². The second-order valence-corrected chi connectivity index (χ2v) is 3.99. The molecule has 0 aromatic carbocycles. The Morgan fingerprint density at radius 2 is 1.75 bits per heavy atom. The molecular weight excluding hydrogens is 178 g/mol. The molecule has 0 amide bonds. The van der Waals surface area contributed by atoms with Crippen molar-refractivity contribution in [1.82, 2.24) is 4.90 Å². The molecule has 3 aliphatic heterocycles. The molecule has 3 saturated heterocycles. The van der Waals surface area contributed by atoms with Crippen LogP contribution in [-0.4, -0.2) is 47.4 Å². The molecular formula is C8H14ClNO2. The van der Waals surface area contributed by atoms with Gasteiger partial charge in [0.1, 0.15) is 12.2 Å². The molecule has 0 radical (unpaired) electrons. The summed E-state index contributed by atoms with van der Waals surface area (Å²) in [6.07, 6.45) is 2.67. The minimum absolute atomic E-state index is 0. The smallest absolute Gasteiger partial charge is 0.101 e. The summed E-state index contributed by atoms with van der Waals surface area (Å²) in [5, 5.41) is 9.46. The fourth-order valence-electron chi connectivity index (χ4n) is 2.72. The SMILES string of the molecule is CN1C2CC(O)CC1[C@@H]1O[C@H]21.Cl. The third-order valence-electron chi connectivity index (χ3n) is 3.39. The number of aliphatic hydroxyl groups is 1. The number of halogens is 1. The van der Waals surface area contributed by atoms with Crippen molar-refractivity contribution in [3.05, 3.63) is 0 Å². The topological polar surface area (TPSA) is 36.0 Å². The molecule has 3 heterocycles. The van der Waals surface area contributed by atoms with E-state index in [0.717, 1.165) is 12.8 Å². The highest BCUT2D eigenvalue weighted by molar-refractivity contribution is 5.85. The number of morpholine rings is 1. The number of fused-ring (bicyclic) bond motifs is 5. The molecule has 0 aromatic heterocycles. The molecule has 2 bridgehead atoms. The molecule has 1 N–H and O–H groups in total. The molecule has 0 aromatic rings. The Kier molecular flexibility index (Phi) is 1.88. The number of aliphatic hydroxyl groups excluding tert-OH is 1. The van der Waals surface area contributed by atoms with Gasteiger partial charge >= 0.3 is 0 Å². The molecule has 5 atom stereocenters. The van der Waals surface area contributed by atoms with Crippen molar-refractivity contribution >= 4 is 12.4 Å². The molecule has 3 fully saturated rings. The van der Waals surface area contributed by atoms with Gasteiger partial charge in [-0.15, -0.1) is 12.4 Å². The fraction of sp³-hybridized carbons (Fsp3) is 1.00. The van der Waals surface area contributed by atoms with Crippen LogP contribution in [0.3, 0.4) is 0 Å². The van der Waals surface area contributed by atoms with Crippen molar-refractivity contribution in [3.63, 3.8) is 0 Å². The second kappa shape index (κ2) is 2.58. The number of ether oxygens (including phenoxy) is 1. The average Bonchev–Trinajstić information content (AvgIpc) is 2.66. The van der Waals surface area contributed by atoms with Gasteiger partial charge in [-0.05, 0) is 19.9 Å². The summed E-state index contributed by atoms with van der Waals surface area (Å²) in [6, 6.07) is 1.02. The Balaban J connectivity index is 0.000000563. The van der Waals surface area contributed by atoms with E-state index >= 15 is 0 Å². The fourth-order valence-corrected chi connectivity index (χ4v) is 2.72. The number of nitrogens with zero attached hydrogens (tertiary/aromatic N) is 1. The van der Waals surface area contributed by atoms with Crippen LogP contribution < -0.4 is 0 Å². The number of likely N-dealkylation sites (N-methyl/N-ethyl adjacent to an activating group) is 1. The Morgan fingerprint density at radius 3 is 2.25 bits per heavy atom. The van der Waals surface area contributed by atoms with Crippen LogP contribution in [0.1, 0.15) is 12.8 Å². The van der Waals surface area contributed by atoms with E-state index in [1.165, 1.54) is 0 Å². The van der Waals surface area contributed by atoms with Gasteiger partial charge in [0.2, 0.25) is 0 Å². The number of hydrogen-bond donors (Lipinski definition) is 1. The van der Waals surface area contributed by atoms with Crippen molar-refractivity contribution in [2.75, 3.05) is 7.05 Å². The maximum Gasteiger partial charge on any atom is 0.101 e. The van der Waals surface area contributed by atoms with Crippen LogP contribution in [0, 0.1) is 0 Å². The quantitative estimate of drug-likeness (QED) is 0.549. The van der Waals surface area contributed by atoms with Crippen LogP contribution in [0.4, 0.5) is 0 Å². The first kappa shape index (κ1) is 8.75. The van der Waals surface area contributed by atoms with E-state index in [4.69, 9.17) is 4.74 Å². The maximum absolute atomic E-state index is 9.46. The van der Waals surface area contributed by atoms with Crippen molar-refractivity contribution in [2.45, 2.75) is 43.2 Å². The molecule has 0 aliphatic carbocycles. The molecule has 4 heteroatoms. The van der Waals surface area contributed by atoms with E-state index in [0.29, 0.717) is 24.3 Å². The lowest BCUT2D eigenvalue weighted by Crippen LogP contribution is -2.46. The predicted octanol–water partition coefficient (Wildman–Crippen LogP) is 0.0129.